The summed E-state index contributed by atoms with van der Waals surface area (Å²) in [5.74, 6) is -0.825. The number of pyridine rings is 1. The molecular formula is C19H21Cl2N3O3. The number of hydrogen-bond acceptors (Lipinski definition) is 4. The highest BCUT2D eigenvalue weighted by Gasteiger charge is 2.28. The maximum Gasteiger partial charge on any atom is 0.303 e. The molecule has 1 aromatic carbocycles. The van der Waals surface area contributed by atoms with E-state index in [9.17, 15) is 9.59 Å². The van der Waals surface area contributed by atoms with E-state index in [1.165, 1.54) is 0 Å². The Balaban J connectivity index is 1.69. The highest BCUT2D eigenvalue weighted by Crippen LogP contribution is 2.26. The third-order valence-electron chi connectivity index (χ3n) is 4.81. The topological polar surface area (TPSA) is 73.7 Å². The monoisotopic (exact) mass is 409 g/mol. The van der Waals surface area contributed by atoms with Crippen molar-refractivity contribution in [3.05, 3.63) is 40.0 Å². The lowest BCUT2D eigenvalue weighted by Gasteiger charge is -2.40. The van der Waals surface area contributed by atoms with Gasteiger partial charge in [0.15, 0.2) is 0 Å². The van der Waals surface area contributed by atoms with Gasteiger partial charge in [-0.1, -0.05) is 29.3 Å². The lowest BCUT2D eigenvalue weighted by Crippen LogP contribution is -2.54. The van der Waals surface area contributed by atoms with Crippen molar-refractivity contribution in [3.63, 3.8) is 0 Å². The number of piperazine rings is 1. The van der Waals surface area contributed by atoms with Crippen molar-refractivity contribution in [2.45, 2.75) is 25.8 Å². The number of aliphatic carboxylic acids is 1. The average Bonchev–Trinajstić information content (AvgIpc) is 2.60. The minimum atomic E-state index is -0.776. The molecule has 0 spiro atoms. The van der Waals surface area contributed by atoms with Gasteiger partial charge in [0, 0.05) is 43.0 Å². The number of carbonyl (C=O) groups excluding carboxylic acids is 1. The number of hydrogen-bond donors (Lipinski definition) is 1. The van der Waals surface area contributed by atoms with Gasteiger partial charge in [0.1, 0.15) is 5.15 Å². The molecular weight excluding hydrogens is 389 g/mol. The predicted molar refractivity (Wildman–Crippen MR) is 106 cm³/mol. The molecule has 1 amide bonds. The quantitative estimate of drug-likeness (QED) is 0.764. The summed E-state index contributed by atoms with van der Waals surface area (Å²) in [6, 6.07) is 6.90. The Labute approximate surface area is 167 Å². The third-order valence-corrected chi connectivity index (χ3v) is 5.32. The second-order valence-corrected chi connectivity index (χ2v) is 7.60. The van der Waals surface area contributed by atoms with Gasteiger partial charge in [0.2, 0.25) is 0 Å². The number of amides is 1. The molecule has 1 aliphatic rings. The van der Waals surface area contributed by atoms with Gasteiger partial charge in [-0.2, -0.15) is 0 Å². The van der Waals surface area contributed by atoms with Crippen LogP contribution in [-0.4, -0.2) is 64.0 Å². The van der Waals surface area contributed by atoms with Gasteiger partial charge in [-0.15, -0.1) is 0 Å². The number of nitrogens with zero attached hydrogens (tertiary/aromatic N) is 3. The first-order valence-corrected chi connectivity index (χ1v) is 9.61. The van der Waals surface area contributed by atoms with Gasteiger partial charge in [0.05, 0.1) is 10.5 Å². The molecule has 1 saturated heterocycles. The first-order valence-electron chi connectivity index (χ1n) is 8.86. The van der Waals surface area contributed by atoms with Crippen LogP contribution in [0.2, 0.25) is 10.2 Å². The lowest BCUT2D eigenvalue weighted by atomic mass is 10.1. The molecule has 6 nitrogen and oxygen atoms in total. The summed E-state index contributed by atoms with van der Waals surface area (Å²) < 4.78 is 0. The van der Waals surface area contributed by atoms with Crippen LogP contribution >= 0.6 is 23.2 Å². The molecule has 2 aromatic rings. The summed E-state index contributed by atoms with van der Waals surface area (Å²) in [5, 5.41) is 10.3. The van der Waals surface area contributed by atoms with E-state index in [-0.39, 0.29) is 18.4 Å². The van der Waals surface area contributed by atoms with Crippen molar-refractivity contribution in [1.82, 2.24) is 14.8 Å². The van der Waals surface area contributed by atoms with Crippen LogP contribution in [0, 0.1) is 0 Å². The average molecular weight is 410 g/mol. The van der Waals surface area contributed by atoms with E-state index in [4.69, 9.17) is 28.3 Å². The molecule has 8 heteroatoms. The zero-order valence-corrected chi connectivity index (χ0v) is 16.5. The Morgan fingerprint density at radius 1 is 1.26 bits per heavy atom. The van der Waals surface area contributed by atoms with E-state index < -0.39 is 5.97 Å². The van der Waals surface area contributed by atoms with Gasteiger partial charge in [-0.25, -0.2) is 4.98 Å². The normalized spacial score (nSPS) is 18.0. The summed E-state index contributed by atoms with van der Waals surface area (Å²) in [5.41, 5.74) is 1.15. The minimum Gasteiger partial charge on any atom is -0.481 e. The van der Waals surface area contributed by atoms with E-state index in [1.54, 1.807) is 24.3 Å². The molecule has 0 saturated carbocycles. The van der Waals surface area contributed by atoms with Crippen molar-refractivity contribution in [2.24, 2.45) is 0 Å². The first-order chi connectivity index (χ1) is 12.8. The van der Waals surface area contributed by atoms with Crippen LogP contribution in [0.5, 0.6) is 0 Å². The highest BCUT2D eigenvalue weighted by molar-refractivity contribution is 6.37. The SMILES string of the molecule is C[C@H]1CN(CCCC(=O)O)CCN1C(=O)c1ccc2c(Cl)cc(Cl)nc2c1. The fourth-order valence-corrected chi connectivity index (χ4v) is 3.97. The van der Waals surface area contributed by atoms with Crippen LogP contribution in [-0.2, 0) is 4.79 Å². The molecule has 2 heterocycles. The number of rotatable bonds is 5. The molecule has 1 aromatic heterocycles. The molecule has 27 heavy (non-hydrogen) atoms. The van der Waals surface area contributed by atoms with Gasteiger partial charge in [0.25, 0.3) is 5.91 Å². The Kier molecular flexibility index (Phi) is 6.19. The number of aromatic nitrogens is 1. The zero-order chi connectivity index (χ0) is 19.6. The Morgan fingerprint density at radius 3 is 2.74 bits per heavy atom. The molecule has 144 valence electrons. The van der Waals surface area contributed by atoms with Crippen molar-refractivity contribution in [2.75, 3.05) is 26.2 Å². The number of carbonyl (C=O) groups is 2. The molecule has 1 atom stereocenters. The van der Waals surface area contributed by atoms with Gasteiger partial charge < -0.3 is 10.0 Å². The van der Waals surface area contributed by atoms with Crippen LogP contribution in [0.25, 0.3) is 10.9 Å². The molecule has 1 fully saturated rings. The van der Waals surface area contributed by atoms with Crippen LogP contribution in [0.4, 0.5) is 0 Å². The van der Waals surface area contributed by atoms with Gasteiger partial charge in [-0.3, -0.25) is 14.5 Å². The van der Waals surface area contributed by atoms with Crippen molar-refractivity contribution in [3.8, 4) is 0 Å². The predicted octanol–water partition coefficient (Wildman–Crippen LogP) is 3.55. The summed E-state index contributed by atoms with van der Waals surface area (Å²) in [4.78, 5) is 31.9. The third kappa shape index (κ3) is 4.69. The second-order valence-electron chi connectivity index (χ2n) is 6.80. The van der Waals surface area contributed by atoms with E-state index in [2.05, 4.69) is 9.88 Å². The van der Waals surface area contributed by atoms with E-state index in [0.29, 0.717) is 34.2 Å². The summed E-state index contributed by atoms with van der Waals surface area (Å²) in [7, 11) is 0. The highest BCUT2D eigenvalue weighted by atomic mass is 35.5. The van der Waals surface area contributed by atoms with Crippen molar-refractivity contribution in [1.29, 1.82) is 0 Å². The number of carboxylic acids is 1. The fraction of sp³-hybridized carbons (Fsp3) is 0.421. The molecule has 0 bridgehead atoms. The number of fused-ring (bicyclic) bond motifs is 1. The number of halogens is 2. The molecule has 3 rings (SSSR count). The lowest BCUT2D eigenvalue weighted by molar-refractivity contribution is -0.137. The Morgan fingerprint density at radius 2 is 2.04 bits per heavy atom. The zero-order valence-electron chi connectivity index (χ0n) is 15.0. The minimum absolute atomic E-state index is 0.0442. The fourth-order valence-electron chi connectivity index (χ4n) is 3.45. The molecule has 0 radical (unpaired) electrons. The van der Waals surface area contributed by atoms with Crippen molar-refractivity contribution >= 4 is 46.0 Å². The van der Waals surface area contributed by atoms with Crippen LogP contribution in [0.15, 0.2) is 24.3 Å². The smallest absolute Gasteiger partial charge is 0.303 e. The van der Waals surface area contributed by atoms with Gasteiger partial charge >= 0.3 is 5.97 Å². The first kappa shape index (κ1) is 19.9. The Hall–Kier alpha value is -1.89. The van der Waals surface area contributed by atoms with Crippen LogP contribution < -0.4 is 0 Å². The van der Waals surface area contributed by atoms with E-state index >= 15 is 0 Å². The number of benzene rings is 1. The summed E-state index contributed by atoms with van der Waals surface area (Å²) in [6.07, 6.45) is 0.788. The Bertz CT molecular complexity index is 875. The summed E-state index contributed by atoms with van der Waals surface area (Å²) >= 11 is 12.2. The maximum atomic E-state index is 13.0. The second kappa shape index (κ2) is 8.42. The molecule has 0 aliphatic carbocycles. The van der Waals surface area contributed by atoms with Crippen molar-refractivity contribution < 1.29 is 14.7 Å². The standard InChI is InChI=1S/C19H21Cl2N3O3/c1-12-11-23(6-2-3-18(25)26)7-8-24(12)19(27)13-4-5-14-15(20)10-17(21)22-16(14)9-13/h4-5,9-10,12H,2-3,6-8,11H2,1H3,(H,25,26)/t12-/m0/s1. The molecule has 1 aliphatic heterocycles. The number of carboxylic acid groups (broad SMARTS) is 1. The van der Waals surface area contributed by atoms with Gasteiger partial charge in [-0.05, 0) is 38.1 Å². The summed E-state index contributed by atoms with van der Waals surface area (Å²) in [6.45, 7) is 4.81. The maximum absolute atomic E-state index is 13.0. The molecule has 1 N–H and O–H groups in total. The van der Waals surface area contributed by atoms with Crippen LogP contribution in [0.3, 0.4) is 0 Å². The van der Waals surface area contributed by atoms with E-state index in [0.717, 1.165) is 25.0 Å². The molecule has 0 unspecified atom stereocenters. The van der Waals surface area contributed by atoms with Crippen LogP contribution in [0.1, 0.15) is 30.1 Å². The largest absolute Gasteiger partial charge is 0.481 e. The van der Waals surface area contributed by atoms with E-state index in [1.807, 2.05) is 11.8 Å².